The first-order chi connectivity index (χ1) is 9.81. The molecule has 2 heteroatoms. The monoisotopic (exact) mass is 277 g/mol. The smallest absolute Gasteiger partial charge is 0.0479 e. The molecule has 0 radical (unpaired) electrons. The Morgan fingerprint density at radius 2 is 1.50 bits per heavy atom. The highest BCUT2D eigenvalue weighted by Crippen LogP contribution is 2.31. The second-order valence-corrected chi connectivity index (χ2v) is 5.38. The largest absolute Gasteiger partial charge is 0.354 e. The van der Waals surface area contributed by atoms with E-state index in [1.165, 1.54) is 21.9 Å². The second kappa shape index (κ2) is 4.39. The molecule has 0 aliphatic rings. The summed E-state index contributed by atoms with van der Waals surface area (Å²) >= 11 is 6.05. The van der Waals surface area contributed by atoms with E-state index in [0.717, 1.165) is 16.1 Å². The maximum Gasteiger partial charge on any atom is 0.0479 e. The molecule has 0 atom stereocenters. The number of halogens is 1. The molecule has 0 aliphatic heterocycles. The van der Waals surface area contributed by atoms with Gasteiger partial charge >= 0.3 is 0 Å². The number of hydrogen-bond acceptors (Lipinski definition) is 0. The van der Waals surface area contributed by atoms with Gasteiger partial charge in [-0.25, -0.2) is 0 Å². The predicted octanol–water partition coefficient (Wildman–Crippen LogP) is 5.64. The zero-order valence-corrected chi connectivity index (χ0v) is 11.5. The Kier molecular flexibility index (Phi) is 2.54. The molecule has 0 saturated heterocycles. The van der Waals surface area contributed by atoms with Crippen molar-refractivity contribution in [3.8, 4) is 11.1 Å². The Morgan fingerprint density at radius 3 is 2.35 bits per heavy atom. The van der Waals surface area contributed by atoms with Crippen LogP contribution in [0.25, 0.3) is 32.9 Å². The quantitative estimate of drug-likeness (QED) is 0.463. The van der Waals surface area contributed by atoms with Gasteiger partial charge in [-0.15, -0.1) is 0 Å². The highest BCUT2D eigenvalue weighted by Gasteiger charge is 2.06. The van der Waals surface area contributed by atoms with Crippen LogP contribution in [0, 0.1) is 0 Å². The number of fused-ring (bicyclic) bond motifs is 3. The van der Waals surface area contributed by atoms with Crippen LogP contribution in [0.3, 0.4) is 0 Å². The summed E-state index contributed by atoms with van der Waals surface area (Å²) in [7, 11) is 0. The molecular formula is C18H12ClN. The van der Waals surface area contributed by atoms with Crippen molar-refractivity contribution >= 4 is 33.4 Å². The molecule has 0 fully saturated rings. The first-order valence-electron chi connectivity index (χ1n) is 6.58. The third-order valence-electron chi connectivity index (χ3n) is 3.67. The fraction of sp³-hybridized carbons (Fsp3) is 0. The van der Waals surface area contributed by atoms with Gasteiger partial charge in [0.15, 0.2) is 0 Å². The molecule has 1 heterocycles. The molecule has 0 aliphatic carbocycles. The summed E-state index contributed by atoms with van der Waals surface area (Å²) in [6.07, 6.45) is 0. The van der Waals surface area contributed by atoms with Crippen LogP contribution in [-0.4, -0.2) is 4.98 Å². The van der Waals surface area contributed by atoms with E-state index in [9.17, 15) is 0 Å². The Hall–Kier alpha value is -2.25. The Morgan fingerprint density at radius 1 is 0.650 bits per heavy atom. The van der Waals surface area contributed by atoms with Crippen molar-refractivity contribution < 1.29 is 0 Å². The van der Waals surface area contributed by atoms with E-state index in [4.69, 9.17) is 11.6 Å². The van der Waals surface area contributed by atoms with Gasteiger partial charge in [-0.3, -0.25) is 0 Å². The number of benzene rings is 3. The van der Waals surface area contributed by atoms with Crippen LogP contribution < -0.4 is 0 Å². The van der Waals surface area contributed by atoms with Gasteiger partial charge in [0.1, 0.15) is 0 Å². The molecule has 4 rings (SSSR count). The first-order valence-corrected chi connectivity index (χ1v) is 6.95. The molecule has 3 aromatic carbocycles. The summed E-state index contributed by atoms with van der Waals surface area (Å²) in [6.45, 7) is 0. The van der Waals surface area contributed by atoms with E-state index in [2.05, 4.69) is 53.5 Å². The molecule has 0 saturated carbocycles. The lowest BCUT2D eigenvalue weighted by atomic mass is 10.0. The number of nitrogens with one attached hydrogen (secondary N) is 1. The zero-order chi connectivity index (χ0) is 13.5. The minimum absolute atomic E-state index is 0.757. The minimum Gasteiger partial charge on any atom is -0.354 e. The van der Waals surface area contributed by atoms with Crippen molar-refractivity contribution in [2.75, 3.05) is 0 Å². The number of aromatic amines is 1. The molecule has 1 N–H and O–H groups in total. The van der Waals surface area contributed by atoms with E-state index < -0.39 is 0 Å². The average molecular weight is 278 g/mol. The second-order valence-electron chi connectivity index (χ2n) is 4.94. The van der Waals surface area contributed by atoms with Crippen molar-refractivity contribution in [3.63, 3.8) is 0 Å². The summed E-state index contributed by atoms with van der Waals surface area (Å²) < 4.78 is 0. The molecule has 0 bridgehead atoms. The van der Waals surface area contributed by atoms with Gasteiger partial charge in [0.25, 0.3) is 0 Å². The van der Waals surface area contributed by atoms with Crippen LogP contribution >= 0.6 is 11.6 Å². The number of aromatic nitrogens is 1. The summed E-state index contributed by atoms with van der Waals surface area (Å²) in [5, 5.41) is 3.20. The van der Waals surface area contributed by atoms with E-state index in [1.807, 2.05) is 18.2 Å². The number of hydrogen-bond donors (Lipinski definition) is 1. The highest BCUT2D eigenvalue weighted by molar-refractivity contribution is 6.31. The van der Waals surface area contributed by atoms with Crippen molar-refractivity contribution in [3.05, 3.63) is 71.8 Å². The fourth-order valence-corrected chi connectivity index (χ4v) is 2.86. The number of H-pyrrole nitrogens is 1. The average Bonchev–Trinajstić information content (AvgIpc) is 2.84. The number of rotatable bonds is 1. The highest BCUT2D eigenvalue weighted by atomic mass is 35.5. The van der Waals surface area contributed by atoms with Crippen molar-refractivity contribution in [2.45, 2.75) is 0 Å². The van der Waals surface area contributed by atoms with Gasteiger partial charge in [0.05, 0.1) is 0 Å². The van der Waals surface area contributed by atoms with Crippen molar-refractivity contribution in [1.82, 2.24) is 4.98 Å². The van der Waals surface area contributed by atoms with E-state index in [1.54, 1.807) is 0 Å². The van der Waals surface area contributed by atoms with Crippen molar-refractivity contribution in [2.24, 2.45) is 0 Å². The lowest BCUT2D eigenvalue weighted by molar-refractivity contribution is 1.54. The van der Waals surface area contributed by atoms with Gasteiger partial charge < -0.3 is 4.98 Å². The Bertz CT molecular complexity index is 907. The van der Waals surface area contributed by atoms with Gasteiger partial charge in [0.2, 0.25) is 0 Å². The van der Waals surface area contributed by atoms with Crippen molar-refractivity contribution in [1.29, 1.82) is 0 Å². The maximum absolute atomic E-state index is 6.05. The van der Waals surface area contributed by atoms with Crippen LogP contribution in [0.1, 0.15) is 0 Å². The first kappa shape index (κ1) is 11.6. The van der Waals surface area contributed by atoms with Crippen LogP contribution in [0.4, 0.5) is 0 Å². The van der Waals surface area contributed by atoms with E-state index in [-0.39, 0.29) is 0 Å². The van der Waals surface area contributed by atoms with E-state index in [0.29, 0.717) is 0 Å². The van der Waals surface area contributed by atoms with Gasteiger partial charge in [-0.2, -0.15) is 0 Å². The van der Waals surface area contributed by atoms with Crippen LogP contribution in [-0.2, 0) is 0 Å². The molecule has 96 valence electrons. The fourth-order valence-electron chi connectivity index (χ4n) is 2.69. The normalized spacial score (nSPS) is 11.2. The van der Waals surface area contributed by atoms with Crippen LogP contribution in [0.15, 0.2) is 66.7 Å². The Balaban J connectivity index is 2.01. The van der Waals surface area contributed by atoms with Crippen LogP contribution in [0.2, 0.25) is 5.02 Å². The lowest BCUT2D eigenvalue weighted by Crippen LogP contribution is -1.76. The summed E-state index contributed by atoms with van der Waals surface area (Å²) in [5.41, 5.74) is 4.69. The maximum atomic E-state index is 6.05. The van der Waals surface area contributed by atoms with E-state index >= 15 is 0 Å². The molecule has 0 spiro atoms. The molecule has 1 nitrogen and oxygen atoms in total. The molecule has 0 amide bonds. The topological polar surface area (TPSA) is 15.8 Å². The van der Waals surface area contributed by atoms with Gasteiger partial charge in [-0.05, 0) is 35.4 Å². The molecule has 20 heavy (non-hydrogen) atoms. The minimum atomic E-state index is 0.757. The zero-order valence-electron chi connectivity index (χ0n) is 10.7. The molecular weight excluding hydrogens is 266 g/mol. The Labute approximate surface area is 121 Å². The summed E-state index contributed by atoms with van der Waals surface area (Å²) in [5.74, 6) is 0. The van der Waals surface area contributed by atoms with Gasteiger partial charge in [-0.1, -0.05) is 54.1 Å². The lowest BCUT2D eigenvalue weighted by Gasteiger charge is -2.01. The SMILES string of the molecule is Clc1ccc2c(c1)[nH]c1ccc(-c3ccccc3)cc12. The summed E-state index contributed by atoms with van der Waals surface area (Å²) in [6, 6.07) is 22.9. The predicted molar refractivity (Wildman–Crippen MR) is 86.3 cm³/mol. The molecule has 1 aromatic heterocycles. The van der Waals surface area contributed by atoms with Crippen LogP contribution in [0.5, 0.6) is 0 Å². The third-order valence-corrected chi connectivity index (χ3v) is 3.90. The third kappa shape index (κ3) is 1.79. The molecule has 0 unspecified atom stereocenters. The summed E-state index contributed by atoms with van der Waals surface area (Å²) in [4.78, 5) is 3.41. The van der Waals surface area contributed by atoms with Gasteiger partial charge in [0, 0.05) is 26.8 Å². The standard InChI is InChI=1S/C18H12ClN/c19-14-7-8-15-16-10-13(12-4-2-1-3-5-12)6-9-17(16)20-18(15)11-14/h1-11,20H. The molecule has 4 aromatic rings.